The van der Waals surface area contributed by atoms with Crippen LogP contribution >= 0.6 is 11.8 Å². The van der Waals surface area contributed by atoms with Crippen LogP contribution in [-0.4, -0.2) is 24.2 Å². The predicted octanol–water partition coefficient (Wildman–Crippen LogP) is 4.42. The van der Waals surface area contributed by atoms with Crippen molar-refractivity contribution in [2.45, 2.75) is 24.2 Å². The first-order valence-electron chi connectivity index (χ1n) is 8.55. The highest BCUT2D eigenvalue weighted by atomic mass is 32.2. The lowest BCUT2D eigenvalue weighted by molar-refractivity contribution is 0.0467. The number of nitrogens with zero attached hydrogens (tertiary/aromatic N) is 1. The van der Waals surface area contributed by atoms with E-state index in [1.165, 1.54) is 18.9 Å². The van der Waals surface area contributed by atoms with Gasteiger partial charge in [0.25, 0.3) is 0 Å². The first-order chi connectivity index (χ1) is 13.6. The molecule has 0 fully saturated rings. The minimum absolute atomic E-state index is 0.113. The predicted molar refractivity (Wildman–Crippen MR) is 104 cm³/mol. The van der Waals surface area contributed by atoms with Crippen molar-refractivity contribution >= 4 is 23.7 Å². The van der Waals surface area contributed by atoms with Gasteiger partial charge in [-0.15, -0.1) is 11.8 Å². The highest BCUT2D eigenvalue weighted by molar-refractivity contribution is 7.98. The third kappa shape index (κ3) is 5.01. The van der Waals surface area contributed by atoms with Crippen LogP contribution in [0.3, 0.4) is 0 Å². The van der Waals surface area contributed by atoms with Crippen molar-refractivity contribution in [1.29, 1.82) is 0 Å². The third-order valence-corrected chi connectivity index (χ3v) is 5.01. The van der Waals surface area contributed by atoms with Crippen LogP contribution in [0.25, 0.3) is 0 Å². The monoisotopic (exact) mass is 397 g/mol. The van der Waals surface area contributed by atoms with Crippen LogP contribution in [0.4, 0.5) is 0 Å². The van der Waals surface area contributed by atoms with E-state index in [9.17, 15) is 9.59 Å². The van der Waals surface area contributed by atoms with E-state index in [2.05, 4.69) is 9.89 Å². The molecule has 0 N–H and O–H groups in total. The number of rotatable bonds is 7. The number of carbonyl (C=O) groups excluding carboxylic acids is 2. The average Bonchev–Trinajstić information content (AvgIpc) is 3.15. The van der Waals surface area contributed by atoms with E-state index >= 15 is 0 Å². The second kappa shape index (κ2) is 9.23. The molecular weight excluding hydrogens is 378 g/mol. The summed E-state index contributed by atoms with van der Waals surface area (Å²) in [7, 11) is 1.33. The van der Waals surface area contributed by atoms with Gasteiger partial charge in [-0.25, -0.2) is 9.59 Å². The summed E-state index contributed by atoms with van der Waals surface area (Å²) < 4.78 is 15.2. The second-order valence-corrected chi connectivity index (χ2v) is 7.00. The molecule has 1 heterocycles. The molecule has 1 aromatic heterocycles. The molecule has 0 atom stereocenters. The van der Waals surface area contributed by atoms with Crippen LogP contribution in [0, 0.1) is 6.92 Å². The van der Waals surface area contributed by atoms with Crippen LogP contribution in [0.2, 0.25) is 0 Å². The lowest BCUT2D eigenvalue weighted by atomic mass is 10.1. The zero-order chi connectivity index (χ0) is 19.9. The maximum Gasteiger partial charge on any atom is 0.339 e. The molecule has 3 aromatic rings. The Hall–Kier alpha value is -3.06. The summed E-state index contributed by atoms with van der Waals surface area (Å²) in [4.78, 5) is 24.8. The summed E-state index contributed by atoms with van der Waals surface area (Å²) in [5, 5.41) is 3.96. The van der Waals surface area contributed by atoms with E-state index in [0.717, 1.165) is 21.9 Å². The molecule has 0 aliphatic heterocycles. The van der Waals surface area contributed by atoms with Gasteiger partial charge >= 0.3 is 11.9 Å². The Morgan fingerprint density at radius 1 is 1.07 bits per heavy atom. The molecule has 0 unspecified atom stereocenters. The number of aryl methyl sites for hydroxylation is 1. The van der Waals surface area contributed by atoms with Gasteiger partial charge in [-0.1, -0.05) is 29.4 Å². The zero-order valence-electron chi connectivity index (χ0n) is 15.5. The maximum atomic E-state index is 12.5. The number of hydrogen-bond donors (Lipinski definition) is 0. The molecule has 0 amide bonds. The van der Waals surface area contributed by atoms with Crippen LogP contribution in [0.5, 0.6) is 0 Å². The van der Waals surface area contributed by atoms with Crippen molar-refractivity contribution in [1.82, 2.24) is 5.16 Å². The summed E-state index contributed by atoms with van der Waals surface area (Å²) in [5.74, 6) is 0.533. The highest BCUT2D eigenvalue weighted by Gasteiger charge is 2.14. The lowest BCUT2D eigenvalue weighted by Crippen LogP contribution is -2.07. The Balaban J connectivity index is 1.61. The van der Waals surface area contributed by atoms with E-state index in [-0.39, 0.29) is 6.61 Å². The van der Waals surface area contributed by atoms with Gasteiger partial charge in [0.05, 0.1) is 23.9 Å². The van der Waals surface area contributed by atoms with Crippen molar-refractivity contribution in [3.8, 4) is 0 Å². The molecule has 6 nitrogen and oxygen atoms in total. The molecule has 28 heavy (non-hydrogen) atoms. The Labute approximate surface area is 166 Å². The topological polar surface area (TPSA) is 78.6 Å². The number of ether oxygens (including phenoxy) is 2. The summed E-state index contributed by atoms with van der Waals surface area (Å²) in [6.45, 7) is 1.95. The largest absolute Gasteiger partial charge is 0.465 e. The summed E-state index contributed by atoms with van der Waals surface area (Å²) >= 11 is 1.50. The number of thioether (sulfide) groups is 1. The quantitative estimate of drug-likeness (QED) is 0.431. The van der Waals surface area contributed by atoms with E-state index in [0.29, 0.717) is 16.9 Å². The van der Waals surface area contributed by atoms with Crippen molar-refractivity contribution in [2.24, 2.45) is 0 Å². The fourth-order valence-electron chi connectivity index (χ4n) is 2.48. The molecule has 0 spiro atoms. The Morgan fingerprint density at radius 2 is 1.82 bits per heavy atom. The van der Waals surface area contributed by atoms with Crippen LogP contribution in [0.15, 0.2) is 64.0 Å². The zero-order valence-corrected chi connectivity index (χ0v) is 16.3. The van der Waals surface area contributed by atoms with Crippen molar-refractivity contribution in [3.05, 3.63) is 82.7 Å². The van der Waals surface area contributed by atoms with Gasteiger partial charge in [-0.2, -0.15) is 0 Å². The number of hydrogen-bond acceptors (Lipinski definition) is 7. The first kappa shape index (κ1) is 19.7. The van der Waals surface area contributed by atoms with Gasteiger partial charge in [0.1, 0.15) is 12.4 Å². The summed E-state index contributed by atoms with van der Waals surface area (Å²) in [5.41, 5.74) is 2.54. The molecule has 0 radical (unpaired) electrons. The molecule has 0 aliphatic carbocycles. The van der Waals surface area contributed by atoms with Crippen molar-refractivity contribution in [2.75, 3.05) is 7.11 Å². The second-order valence-electron chi connectivity index (χ2n) is 5.98. The van der Waals surface area contributed by atoms with Gasteiger partial charge in [0, 0.05) is 16.7 Å². The van der Waals surface area contributed by atoms with Crippen molar-refractivity contribution in [3.63, 3.8) is 0 Å². The number of methoxy groups -OCH3 is 1. The minimum atomic E-state index is -0.406. The SMILES string of the molecule is COC(=O)c1ccc(COC(=O)c2ccccc2SCc2cc(C)on2)cc1. The van der Waals surface area contributed by atoms with E-state index in [1.54, 1.807) is 36.4 Å². The number of aromatic nitrogens is 1. The van der Waals surface area contributed by atoms with Crippen LogP contribution < -0.4 is 0 Å². The number of esters is 2. The van der Waals surface area contributed by atoms with Crippen LogP contribution in [0.1, 0.15) is 37.7 Å². The molecule has 0 saturated heterocycles. The molecule has 0 aliphatic rings. The summed E-state index contributed by atoms with van der Waals surface area (Å²) in [6, 6.07) is 15.9. The standard InChI is InChI=1S/C21H19NO5S/c1-14-11-17(22-27-14)13-28-19-6-4-3-5-18(19)21(24)26-12-15-7-9-16(10-8-15)20(23)25-2/h3-11H,12-13H2,1-2H3. The van der Waals surface area contributed by atoms with Gasteiger partial charge in [0.2, 0.25) is 0 Å². The van der Waals surface area contributed by atoms with Gasteiger partial charge < -0.3 is 14.0 Å². The summed E-state index contributed by atoms with van der Waals surface area (Å²) in [6.07, 6.45) is 0. The first-order valence-corrected chi connectivity index (χ1v) is 9.54. The average molecular weight is 397 g/mol. The number of benzene rings is 2. The maximum absolute atomic E-state index is 12.5. The third-order valence-electron chi connectivity index (χ3n) is 3.90. The molecule has 2 aromatic carbocycles. The van der Waals surface area contributed by atoms with E-state index in [4.69, 9.17) is 9.26 Å². The minimum Gasteiger partial charge on any atom is -0.465 e. The molecule has 7 heteroatoms. The molecule has 144 valence electrons. The fourth-order valence-corrected chi connectivity index (χ4v) is 3.40. The van der Waals surface area contributed by atoms with Gasteiger partial charge in [-0.05, 0) is 36.8 Å². The lowest BCUT2D eigenvalue weighted by Gasteiger charge is -2.09. The molecule has 0 saturated carbocycles. The Morgan fingerprint density at radius 3 is 2.50 bits per heavy atom. The smallest absolute Gasteiger partial charge is 0.339 e. The molecular formula is C21H19NO5S. The Kier molecular flexibility index (Phi) is 6.49. The Bertz CT molecular complexity index is 965. The molecule has 0 bridgehead atoms. The normalized spacial score (nSPS) is 10.5. The van der Waals surface area contributed by atoms with Gasteiger partial charge in [0.15, 0.2) is 0 Å². The van der Waals surface area contributed by atoms with E-state index in [1.807, 2.05) is 25.1 Å². The number of carbonyl (C=O) groups is 2. The highest BCUT2D eigenvalue weighted by Crippen LogP contribution is 2.27. The molecule has 3 rings (SSSR count). The van der Waals surface area contributed by atoms with Crippen LogP contribution in [-0.2, 0) is 21.8 Å². The van der Waals surface area contributed by atoms with E-state index < -0.39 is 11.9 Å². The fraction of sp³-hybridized carbons (Fsp3) is 0.190. The van der Waals surface area contributed by atoms with Crippen molar-refractivity contribution < 1.29 is 23.6 Å². The van der Waals surface area contributed by atoms with Gasteiger partial charge in [-0.3, -0.25) is 0 Å².